The van der Waals surface area contributed by atoms with Crippen molar-refractivity contribution in [2.75, 3.05) is 6.54 Å². The van der Waals surface area contributed by atoms with Crippen LogP contribution in [0, 0.1) is 12.8 Å². The Hall–Kier alpha value is -2.37. The molecular formula is C15H17N3O3. The van der Waals surface area contributed by atoms with Crippen LogP contribution in [0.3, 0.4) is 0 Å². The second-order valence-electron chi connectivity index (χ2n) is 5.62. The van der Waals surface area contributed by atoms with Crippen LogP contribution in [0.5, 0.6) is 0 Å². The first-order chi connectivity index (χ1) is 9.99. The highest BCUT2D eigenvalue weighted by Crippen LogP contribution is 2.28. The van der Waals surface area contributed by atoms with E-state index in [2.05, 4.69) is 10.2 Å². The third-order valence-electron chi connectivity index (χ3n) is 4.26. The minimum absolute atomic E-state index is 0.135. The van der Waals surface area contributed by atoms with Gasteiger partial charge in [0.2, 0.25) is 0 Å². The standard InChI is InChI=1S/C15H17N3O3/c1-8-5-10-7-16-17-13(10)12(6-8)14(19)18-4-3-11(9(18)2)15(20)21/h5-7,9,11H,3-4H2,1-2H3,(H,16,17)(H,20,21). The van der Waals surface area contributed by atoms with E-state index in [1.54, 1.807) is 18.0 Å². The fourth-order valence-electron chi connectivity index (χ4n) is 3.09. The Balaban J connectivity index is 1.98. The number of fused-ring (bicyclic) bond motifs is 1. The summed E-state index contributed by atoms with van der Waals surface area (Å²) >= 11 is 0. The van der Waals surface area contributed by atoms with Crippen LogP contribution < -0.4 is 0 Å². The monoisotopic (exact) mass is 287 g/mol. The lowest BCUT2D eigenvalue weighted by atomic mass is 10.0. The van der Waals surface area contributed by atoms with Crippen molar-refractivity contribution in [3.05, 3.63) is 29.5 Å². The average molecular weight is 287 g/mol. The minimum Gasteiger partial charge on any atom is -0.481 e. The van der Waals surface area contributed by atoms with Crippen LogP contribution in [0.1, 0.15) is 29.3 Å². The van der Waals surface area contributed by atoms with E-state index in [-0.39, 0.29) is 11.9 Å². The number of rotatable bonds is 2. The van der Waals surface area contributed by atoms with Gasteiger partial charge in [0.15, 0.2) is 0 Å². The van der Waals surface area contributed by atoms with Crippen molar-refractivity contribution in [3.63, 3.8) is 0 Å². The molecule has 21 heavy (non-hydrogen) atoms. The molecule has 1 saturated heterocycles. The van der Waals surface area contributed by atoms with Gasteiger partial charge >= 0.3 is 5.97 Å². The van der Waals surface area contributed by atoms with Gasteiger partial charge in [-0.05, 0) is 38.0 Å². The van der Waals surface area contributed by atoms with Crippen molar-refractivity contribution in [2.45, 2.75) is 26.3 Å². The van der Waals surface area contributed by atoms with Crippen molar-refractivity contribution < 1.29 is 14.7 Å². The highest BCUT2D eigenvalue weighted by molar-refractivity contribution is 6.06. The van der Waals surface area contributed by atoms with Crippen molar-refractivity contribution in [1.29, 1.82) is 0 Å². The zero-order valence-corrected chi connectivity index (χ0v) is 12.0. The largest absolute Gasteiger partial charge is 0.481 e. The Bertz CT molecular complexity index is 722. The van der Waals surface area contributed by atoms with Crippen molar-refractivity contribution >= 4 is 22.8 Å². The molecule has 3 rings (SSSR count). The third-order valence-corrected chi connectivity index (χ3v) is 4.26. The molecule has 2 unspecified atom stereocenters. The number of H-pyrrole nitrogens is 1. The van der Waals surface area contributed by atoms with Gasteiger partial charge in [-0.25, -0.2) is 0 Å². The number of carbonyl (C=O) groups is 2. The van der Waals surface area contributed by atoms with E-state index in [4.69, 9.17) is 0 Å². The first-order valence-corrected chi connectivity index (χ1v) is 6.96. The van der Waals surface area contributed by atoms with Crippen LogP contribution in [0.2, 0.25) is 0 Å². The second-order valence-corrected chi connectivity index (χ2v) is 5.62. The molecule has 0 spiro atoms. The molecule has 2 N–H and O–H groups in total. The van der Waals surface area contributed by atoms with Crippen LogP contribution in [-0.2, 0) is 4.79 Å². The molecule has 0 bridgehead atoms. The zero-order chi connectivity index (χ0) is 15.1. The Kier molecular flexibility index (Phi) is 3.16. The summed E-state index contributed by atoms with van der Waals surface area (Å²) in [5.41, 5.74) is 2.24. The molecule has 1 aliphatic heterocycles. The number of hydrogen-bond acceptors (Lipinski definition) is 3. The number of nitrogens with zero attached hydrogens (tertiary/aromatic N) is 2. The fourth-order valence-corrected chi connectivity index (χ4v) is 3.09. The molecule has 2 heterocycles. The zero-order valence-electron chi connectivity index (χ0n) is 12.0. The number of nitrogens with one attached hydrogen (secondary N) is 1. The summed E-state index contributed by atoms with van der Waals surface area (Å²) in [4.78, 5) is 25.6. The number of hydrogen-bond donors (Lipinski definition) is 2. The van der Waals surface area contributed by atoms with Gasteiger partial charge in [-0.2, -0.15) is 5.10 Å². The summed E-state index contributed by atoms with van der Waals surface area (Å²) in [6.45, 7) is 4.20. The van der Waals surface area contributed by atoms with Gasteiger partial charge in [-0.1, -0.05) is 0 Å². The smallest absolute Gasteiger partial charge is 0.308 e. The molecule has 0 saturated carbocycles. The lowest BCUT2D eigenvalue weighted by Gasteiger charge is -2.23. The summed E-state index contributed by atoms with van der Waals surface area (Å²) in [6.07, 6.45) is 2.19. The maximum Gasteiger partial charge on any atom is 0.308 e. The summed E-state index contributed by atoms with van der Waals surface area (Å²) in [5.74, 6) is -1.46. The number of carboxylic acids is 1. The first kappa shape index (κ1) is 13.6. The van der Waals surface area contributed by atoms with E-state index < -0.39 is 11.9 Å². The predicted molar refractivity (Wildman–Crippen MR) is 77.1 cm³/mol. The molecule has 1 amide bonds. The molecule has 1 aromatic heterocycles. The molecule has 6 heteroatoms. The number of aliphatic carboxylic acids is 1. The molecule has 1 aromatic carbocycles. The quantitative estimate of drug-likeness (QED) is 0.882. The van der Waals surface area contributed by atoms with Crippen molar-refractivity contribution in [1.82, 2.24) is 15.1 Å². The van der Waals surface area contributed by atoms with E-state index in [1.165, 1.54) is 0 Å². The Morgan fingerprint density at radius 3 is 2.86 bits per heavy atom. The highest BCUT2D eigenvalue weighted by atomic mass is 16.4. The van der Waals surface area contributed by atoms with Gasteiger partial charge in [0.1, 0.15) is 0 Å². The predicted octanol–water partition coefficient (Wildman–Crippen LogP) is 1.81. The van der Waals surface area contributed by atoms with E-state index in [0.717, 1.165) is 10.9 Å². The summed E-state index contributed by atoms with van der Waals surface area (Å²) in [7, 11) is 0. The Labute approximate surface area is 121 Å². The normalized spacial score (nSPS) is 21.9. The number of carboxylic acid groups (broad SMARTS) is 1. The SMILES string of the molecule is Cc1cc(C(=O)N2CCC(C(=O)O)C2C)c2[nH]ncc2c1. The first-order valence-electron chi connectivity index (χ1n) is 6.96. The molecule has 0 radical (unpaired) electrons. The highest BCUT2D eigenvalue weighted by Gasteiger charge is 2.38. The van der Waals surface area contributed by atoms with E-state index in [9.17, 15) is 14.7 Å². The van der Waals surface area contributed by atoms with Gasteiger partial charge in [-0.3, -0.25) is 14.7 Å². The maximum atomic E-state index is 12.8. The van der Waals surface area contributed by atoms with Gasteiger partial charge in [0, 0.05) is 18.0 Å². The van der Waals surface area contributed by atoms with Gasteiger partial charge in [0.25, 0.3) is 5.91 Å². The number of amides is 1. The van der Waals surface area contributed by atoms with Crippen molar-refractivity contribution in [2.24, 2.45) is 5.92 Å². The van der Waals surface area contributed by atoms with E-state index in [0.29, 0.717) is 24.0 Å². The van der Waals surface area contributed by atoms with Crippen LogP contribution in [0.25, 0.3) is 10.9 Å². The summed E-state index contributed by atoms with van der Waals surface area (Å²) < 4.78 is 0. The number of carbonyl (C=O) groups excluding carboxylic acids is 1. The molecule has 2 atom stereocenters. The van der Waals surface area contributed by atoms with Crippen LogP contribution in [0.4, 0.5) is 0 Å². The molecular weight excluding hydrogens is 270 g/mol. The maximum absolute atomic E-state index is 12.8. The number of likely N-dealkylation sites (tertiary alicyclic amines) is 1. The number of aryl methyl sites for hydroxylation is 1. The Morgan fingerprint density at radius 1 is 1.43 bits per heavy atom. The lowest BCUT2D eigenvalue weighted by Crippen LogP contribution is -2.37. The summed E-state index contributed by atoms with van der Waals surface area (Å²) in [5, 5.41) is 16.9. The Morgan fingerprint density at radius 2 is 2.19 bits per heavy atom. The van der Waals surface area contributed by atoms with Gasteiger partial charge in [-0.15, -0.1) is 0 Å². The van der Waals surface area contributed by atoms with Crippen LogP contribution >= 0.6 is 0 Å². The van der Waals surface area contributed by atoms with Gasteiger partial charge < -0.3 is 10.0 Å². The lowest BCUT2D eigenvalue weighted by molar-refractivity contribution is -0.142. The van der Waals surface area contributed by atoms with Crippen LogP contribution in [0.15, 0.2) is 18.3 Å². The second kappa shape index (κ2) is 4.87. The van der Waals surface area contributed by atoms with E-state index in [1.807, 2.05) is 19.1 Å². The summed E-state index contributed by atoms with van der Waals surface area (Å²) in [6, 6.07) is 3.49. The molecule has 1 aliphatic rings. The van der Waals surface area contributed by atoms with Crippen LogP contribution in [-0.4, -0.2) is 44.7 Å². The van der Waals surface area contributed by atoms with Gasteiger partial charge in [0.05, 0.1) is 23.2 Å². The molecule has 1 fully saturated rings. The molecule has 110 valence electrons. The van der Waals surface area contributed by atoms with Crippen molar-refractivity contribution in [3.8, 4) is 0 Å². The fraction of sp³-hybridized carbons (Fsp3) is 0.400. The minimum atomic E-state index is -0.839. The molecule has 6 nitrogen and oxygen atoms in total. The van der Waals surface area contributed by atoms with E-state index >= 15 is 0 Å². The third kappa shape index (κ3) is 2.16. The molecule has 2 aromatic rings. The molecule has 0 aliphatic carbocycles. The average Bonchev–Trinajstić information content (AvgIpc) is 3.03. The number of aromatic amines is 1. The topological polar surface area (TPSA) is 86.3 Å². The number of benzene rings is 1. The number of aromatic nitrogens is 2.